The van der Waals surface area contributed by atoms with Crippen molar-refractivity contribution in [3.63, 3.8) is 0 Å². The molecule has 0 aromatic rings. The van der Waals surface area contributed by atoms with Crippen LogP contribution in [0.25, 0.3) is 0 Å². The van der Waals surface area contributed by atoms with E-state index < -0.39 is 0 Å². The normalized spacial score (nSPS) is 41.2. The van der Waals surface area contributed by atoms with Crippen molar-refractivity contribution >= 4 is 0 Å². The van der Waals surface area contributed by atoms with Crippen molar-refractivity contribution in [1.82, 2.24) is 0 Å². The molecule has 0 aromatic heterocycles. The fourth-order valence-corrected chi connectivity index (χ4v) is 3.09. The van der Waals surface area contributed by atoms with Gasteiger partial charge < -0.3 is 0 Å². The van der Waals surface area contributed by atoms with E-state index in [1.54, 1.807) is 5.57 Å². The molecule has 13 heavy (non-hydrogen) atoms. The van der Waals surface area contributed by atoms with Crippen LogP contribution in [0.4, 0.5) is 0 Å². The van der Waals surface area contributed by atoms with E-state index in [1.807, 2.05) is 0 Å². The Hall–Kier alpha value is -0.780. The highest BCUT2D eigenvalue weighted by Crippen LogP contribution is 2.44. The van der Waals surface area contributed by atoms with Crippen molar-refractivity contribution in [1.29, 1.82) is 0 Å². The first kappa shape index (κ1) is 7.61. The number of rotatable bonds is 0. The Labute approximate surface area is 80.0 Å². The molecular formula is C13H16. The molecule has 0 heteroatoms. The molecule has 0 bridgehead atoms. The average molecular weight is 172 g/mol. The maximum Gasteiger partial charge on any atom is -0.00140 e. The molecule has 1 saturated carbocycles. The summed E-state index contributed by atoms with van der Waals surface area (Å²) >= 11 is 0. The molecule has 3 atom stereocenters. The molecule has 3 unspecified atom stereocenters. The van der Waals surface area contributed by atoms with Crippen LogP contribution < -0.4 is 0 Å². The van der Waals surface area contributed by atoms with E-state index in [4.69, 9.17) is 0 Å². The number of hydrogen-bond acceptors (Lipinski definition) is 0. The van der Waals surface area contributed by atoms with Gasteiger partial charge in [0.2, 0.25) is 0 Å². The Morgan fingerprint density at radius 3 is 3.23 bits per heavy atom. The zero-order valence-electron chi connectivity index (χ0n) is 7.95. The first-order valence-electron chi connectivity index (χ1n) is 5.47. The van der Waals surface area contributed by atoms with E-state index in [2.05, 4.69) is 30.4 Å². The van der Waals surface area contributed by atoms with Crippen molar-refractivity contribution in [3.8, 4) is 0 Å². The zero-order valence-corrected chi connectivity index (χ0v) is 7.95. The highest BCUT2D eigenvalue weighted by Gasteiger charge is 2.32. The van der Waals surface area contributed by atoms with Crippen LogP contribution in [-0.4, -0.2) is 0 Å². The predicted octanol–water partition coefficient (Wildman–Crippen LogP) is 3.48. The Balaban J connectivity index is 1.85. The van der Waals surface area contributed by atoms with Crippen LogP contribution in [0.3, 0.4) is 0 Å². The third kappa shape index (κ3) is 1.20. The molecule has 0 aliphatic heterocycles. The lowest BCUT2D eigenvalue weighted by Crippen LogP contribution is -2.25. The standard InChI is InChI=1S/C13H16/c1-2-5-11-9-13-7-3-6-12(13)8-10(11)4-1/h1,3-4,6-7,10-11,13H,2,5,8-9H2. The minimum Gasteiger partial charge on any atom is -0.0882 e. The van der Waals surface area contributed by atoms with E-state index >= 15 is 0 Å². The van der Waals surface area contributed by atoms with Gasteiger partial charge in [0.15, 0.2) is 0 Å². The molecule has 0 amide bonds. The summed E-state index contributed by atoms with van der Waals surface area (Å²) in [5, 5.41) is 0. The van der Waals surface area contributed by atoms with Crippen molar-refractivity contribution in [2.45, 2.75) is 25.7 Å². The largest absolute Gasteiger partial charge is 0.0882 e. The summed E-state index contributed by atoms with van der Waals surface area (Å²) in [5.41, 5.74) is 1.69. The van der Waals surface area contributed by atoms with Gasteiger partial charge in [0.25, 0.3) is 0 Å². The van der Waals surface area contributed by atoms with Crippen LogP contribution >= 0.6 is 0 Å². The Morgan fingerprint density at radius 1 is 1.23 bits per heavy atom. The zero-order chi connectivity index (χ0) is 8.67. The molecule has 0 saturated heterocycles. The quantitative estimate of drug-likeness (QED) is 0.491. The third-order valence-electron chi connectivity index (χ3n) is 3.85. The topological polar surface area (TPSA) is 0 Å². The fraction of sp³-hybridized carbons (Fsp3) is 0.538. The van der Waals surface area contributed by atoms with Gasteiger partial charge in [-0.3, -0.25) is 0 Å². The van der Waals surface area contributed by atoms with Crippen LogP contribution in [0.5, 0.6) is 0 Å². The van der Waals surface area contributed by atoms with Gasteiger partial charge in [-0.15, -0.1) is 0 Å². The van der Waals surface area contributed by atoms with Crippen LogP contribution in [0.1, 0.15) is 25.7 Å². The number of allylic oxidation sites excluding steroid dienone is 6. The lowest BCUT2D eigenvalue weighted by atomic mass is 9.69. The summed E-state index contributed by atoms with van der Waals surface area (Å²) in [7, 11) is 0. The molecule has 3 rings (SSSR count). The first-order chi connectivity index (χ1) is 6.43. The molecule has 0 heterocycles. The molecule has 0 radical (unpaired) electrons. The lowest BCUT2D eigenvalue weighted by molar-refractivity contribution is 0.271. The molecule has 0 N–H and O–H groups in total. The third-order valence-corrected chi connectivity index (χ3v) is 3.85. The van der Waals surface area contributed by atoms with E-state index in [9.17, 15) is 0 Å². The summed E-state index contributed by atoms with van der Waals surface area (Å²) in [5.74, 6) is 2.67. The second-order valence-corrected chi connectivity index (χ2v) is 4.60. The highest BCUT2D eigenvalue weighted by molar-refractivity contribution is 5.30. The molecule has 3 aliphatic carbocycles. The Bertz CT molecular complexity index is 293. The predicted molar refractivity (Wildman–Crippen MR) is 55.3 cm³/mol. The summed E-state index contributed by atoms with van der Waals surface area (Å²) in [6, 6.07) is 0. The monoisotopic (exact) mass is 172 g/mol. The smallest absolute Gasteiger partial charge is 0.00140 e. The average Bonchev–Trinajstić information content (AvgIpc) is 2.61. The van der Waals surface area contributed by atoms with Gasteiger partial charge in [-0.25, -0.2) is 0 Å². The fourth-order valence-electron chi connectivity index (χ4n) is 3.09. The minimum atomic E-state index is 0.813. The first-order valence-corrected chi connectivity index (χ1v) is 5.47. The molecule has 0 nitrogen and oxygen atoms in total. The number of hydrogen-bond donors (Lipinski definition) is 0. The van der Waals surface area contributed by atoms with Gasteiger partial charge in [-0.05, 0) is 43.4 Å². The van der Waals surface area contributed by atoms with Gasteiger partial charge in [0.05, 0.1) is 0 Å². The maximum atomic E-state index is 2.46. The van der Waals surface area contributed by atoms with Crippen molar-refractivity contribution in [2.24, 2.45) is 17.8 Å². The van der Waals surface area contributed by atoms with E-state index in [-0.39, 0.29) is 0 Å². The summed E-state index contributed by atoms with van der Waals surface area (Å²) in [4.78, 5) is 0. The van der Waals surface area contributed by atoms with E-state index in [1.165, 1.54) is 25.7 Å². The van der Waals surface area contributed by atoms with Crippen LogP contribution in [0, 0.1) is 17.8 Å². The molecule has 68 valence electrons. The van der Waals surface area contributed by atoms with Gasteiger partial charge in [-0.2, -0.15) is 0 Å². The summed E-state index contributed by atoms with van der Waals surface area (Å²) in [6.07, 6.45) is 17.3. The maximum absolute atomic E-state index is 2.46. The second-order valence-electron chi connectivity index (χ2n) is 4.60. The van der Waals surface area contributed by atoms with Crippen molar-refractivity contribution in [2.75, 3.05) is 0 Å². The molecule has 1 fully saturated rings. The van der Waals surface area contributed by atoms with Crippen molar-refractivity contribution < 1.29 is 0 Å². The van der Waals surface area contributed by atoms with E-state index in [0.717, 1.165) is 17.8 Å². The van der Waals surface area contributed by atoms with Gasteiger partial charge in [0.1, 0.15) is 0 Å². The SMILES string of the molecule is C1=CC2CC3CCC=CC3CC2=C1. The van der Waals surface area contributed by atoms with Crippen LogP contribution in [0.15, 0.2) is 36.0 Å². The van der Waals surface area contributed by atoms with E-state index in [0.29, 0.717) is 0 Å². The minimum absolute atomic E-state index is 0.813. The highest BCUT2D eigenvalue weighted by atomic mass is 14.4. The lowest BCUT2D eigenvalue weighted by Gasteiger charge is -2.36. The van der Waals surface area contributed by atoms with Crippen LogP contribution in [-0.2, 0) is 0 Å². The van der Waals surface area contributed by atoms with Gasteiger partial charge in [-0.1, -0.05) is 36.0 Å². The Kier molecular flexibility index (Phi) is 1.68. The van der Waals surface area contributed by atoms with Crippen molar-refractivity contribution in [3.05, 3.63) is 36.0 Å². The second kappa shape index (κ2) is 2.87. The van der Waals surface area contributed by atoms with Gasteiger partial charge in [0, 0.05) is 0 Å². The summed E-state index contributed by atoms with van der Waals surface area (Å²) < 4.78 is 0. The summed E-state index contributed by atoms with van der Waals surface area (Å²) in [6.45, 7) is 0. The van der Waals surface area contributed by atoms with Gasteiger partial charge >= 0.3 is 0 Å². The molecular weight excluding hydrogens is 156 g/mol. The number of fused-ring (bicyclic) bond motifs is 2. The van der Waals surface area contributed by atoms with Crippen LogP contribution in [0.2, 0.25) is 0 Å². The molecule has 3 aliphatic rings. The molecule has 0 aromatic carbocycles. The Morgan fingerprint density at radius 2 is 2.23 bits per heavy atom. The molecule has 0 spiro atoms.